The minimum Gasteiger partial charge on any atom is -0.489 e. The van der Waals surface area contributed by atoms with E-state index in [2.05, 4.69) is 99.5 Å². The average molecular weight is 468 g/mol. The molecule has 1 aromatic heterocycles. The lowest BCUT2D eigenvalue weighted by Crippen LogP contribution is -1.98. The van der Waals surface area contributed by atoms with E-state index in [1.54, 1.807) is 0 Å². The molecule has 0 spiro atoms. The molecule has 0 saturated carbocycles. The van der Waals surface area contributed by atoms with Crippen LogP contribution in [-0.2, 0) is 13.2 Å². The van der Waals surface area contributed by atoms with Crippen molar-refractivity contribution in [3.05, 3.63) is 125 Å². The van der Waals surface area contributed by atoms with E-state index in [0.717, 1.165) is 16.8 Å². The van der Waals surface area contributed by atoms with Crippen LogP contribution in [0.1, 0.15) is 11.1 Å². The molecule has 0 aliphatic heterocycles. The fourth-order valence-electron chi connectivity index (χ4n) is 3.86. The number of nitrogens with zero attached hydrogens (tertiary/aromatic N) is 1. The molecule has 0 radical (unpaired) electrons. The lowest BCUT2D eigenvalue weighted by molar-refractivity contribution is 0.306. The number of aromatic nitrogens is 1. The zero-order valence-corrected chi connectivity index (χ0v) is 18.6. The maximum Gasteiger partial charge on any atom is 0.119 e. The molecule has 0 amide bonds. The summed E-state index contributed by atoms with van der Waals surface area (Å²) in [6, 6.07) is 35.8. The summed E-state index contributed by atoms with van der Waals surface area (Å²) >= 11 is 3.68. The van der Waals surface area contributed by atoms with Crippen molar-refractivity contribution in [2.75, 3.05) is 0 Å². The number of fused-ring (bicyclic) bond motifs is 1. The fourth-order valence-corrected chi connectivity index (χ4v) is 4.45. The Morgan fingerprint density at radius 1 is 0.677 bits per heavy atom. The molecule has 0 saturated heterocycles. The van der Waals surface area contributed by atoms with Gasteiger partial charge in [0.05, 0.1) is 0 Å². The van der Waals surface area contributed by atoms with Gasteiger partial charge in [0.2, 0.25) is 0 Å². The smallest absolute Gasteiger partial charge is 0.119 e. The molecule has 0 fully saturated rings. The molecule has 0 bridgehead atoms. The summed E-state index contributed by atoms with van der Waals surface area (Å²) in [5, 5.41) is 1.24. The molecule has 5 rings (SSSR count). The summed E-state index contributed by atoms with van der Waals surface area (Å²) in [4.78, 5) is 0. The Bertz CT molecular complexity index is 1310. The van der Waals surface area contributed by atoms with Crippen LogP contribution in [0.15, 0.2) is 114 Å². The molecular formula is C28H22BrNO. The number of rotatable bonds is 6. The molecule has 4 aromatic carbocycles. The van der Waals surface area contributed by atoms with Crippen molar-refractivity contribution in [2.24, 2.45) is 0 Å². The highest BCUT2D eigenvalue weighted by Crippen LogP contribution is 2.28. The second-order valence-electron chi connectivity index (χ2n) is 7.62. The first-order chi connectivity index (χ1) is 15.3. The van der Waals surface area contributed by atoms with Crippen LogP contribution < -0.4 is 4.74 Å². The van der Waals surface area contributed by atoms with Crippen molar-refractivity contribution in [1.29, 1.82) is 0 Å². The molecule has 0 atom stereocenters. The summed E-state index contributed by atoms with van der Waals surface area (Å²) in [6.07, 6.45) is 2.16. The zero-order valence-electron chi connectivity index (χ0n) is 17.0. The first kappa shape index (κ1) is 19.7. The second kappa shape index (κ2) is 8.83. The Morgan fingerprint density at radius 2 is 1.42 bits per heavy atom. The van der Waals surface area contributed by atoms with Crippen LogP contribution >= 0.6 is 15.9 Å². The van der Waals surface area contributed by atoms with Crippen LogP contribution in [0.3, 0.4) is 0 Å². The van der Waals surface area contributed by atoms with E-state index < -0.39 is 0 Å². The number of hydrogen-bond donors (Lipinski definition) is 0. The van der Waals surface area contributed by atoms with Crippen molar-refractivity contribution in [3.63, 3.8) is 0 Å². The van der Waals surface area contributed by atoms with Crippen molar-refractivity contribution < 1.29 is 4.74 Å². The molecule has 0 N–H and O–H groups in total. The molecule has 0 aliphatic carbocycles. The zero-order chi connectivity index (χ0) is 21.0. The highest BCUT2D eigenvalue weighted by molar-refractivity contribution is 9.10. The van der Waals surface area contributed by atoms with Crippen molar-refractivity contribution in [1.82, 2.24) is 4.57 Å². The van der Waals surface area contributed by atoms with E-state index in [1.807, 2.05) is 30.3 Å². The Morgan fingerprint density at radius 3 is 2.26 bits per heavy atom. The average Bonchev–Trinajstić information content (AvgIpc) is 3.14. The van der Waals surface area contributed by atoms with Crippen LogP contribution in [0.25, 0.3) is 22.0 Å². The second-order valence-corrected chi connectivity index (χ2v) is 8.48. The van der Waals surface area contributed by atoms with Gasteiger partial charge < -0.3 is 9.30 Å². The van der Waals surface area contributed by atoms with Gasteiger partial charge in [-0.05, 0) is 62.4 Å². The van der Waals surface area contributed by atoms with Gasteiger partial charge in [0, 0.05) is 28.1 Å². The van der Waals surface area contributed by atoms with Crippen LogP contribution in [0.5, 0.6) is 5.75 Å². The molecule has 2 nitrogen and oxygen atoms in total. The minimum atomic E-state index is 0.579. The third-order valence-corrected chi connectivity index (χ3v) is 6.09. The molecule has 3 heteroatoms. The van der Waals surface area contributed by atoms with Crippen molar-refractivity contribution in [2.45, 2.75) is 13.2 Å². The minimum absolute atomic E-state index is 0.579. The lowest BCUT2D eigenvalue weighted by atomic mass is 10.0. The van der Waals surface area contributed by atoms with Crippen molar-refractivity contribution >= 4 is 26.8 Å². The molecular weight excluding hydrogens is 446 g/mol. The predicted octanol–water partition coefficient (Wildman–Crippen LogP) is 7.70. The number of benzene rings is 4. The third-order valence-electron chi connectivity index (χ3n) is 5.46. The quantitative estimate of drug-likeness (QED) is 0.249. The Labute approximate surface area is 190 Å². The van der Waals surface area contributed by atoms with Gasteiger partial charge in [-0.15, -0.1) is 0 Å². The lowest BCUT2D eigenvalue weighted by Gasteiger charge is -2.10. The normalized spacial score (nSPS) is 11.0. The summed E-state index contributed by atoms with van der Waals surface area (Å²) in [6.45, 7) is 1.41. The number of hydrogen-bond acceptors (Lipinski definition) is 1. The van der Waals surface area contributed by atoms with E-state index >= 15 is 0 Å². The van der Waals surface area contributed by atoms with Gasteiger partial charge in [-0.3, -0.25) is 0 Å². The Hall–Kier alpha value is -3.30. The number of ether oxygens (including phenoxy) is 1. The van der Waals surface area contributed by atoms with E-state index in [4.69, 9.17) is 4.74 Å². The molecule has 1 heterocycles. The molecule has 31 heavy (non-hydrogen) atoms. The maximum atomic E-state index is 5.92. The van der Waals surface area contributed by atoms with Gasteiger partial charge in [0.1, 0.15) is 12.4 Å². The van der Waals surface area contributed by atoms with E-state index in [9.17, 15) is 0 Å². The highest BCUT2D eigenvalue weighted by atomic mass is 79.9. The first-order valence-electron chi connectivity index (χ1n) is 10.4. The Balaban J connectivity index is 1.32. The van der Waals surface area contributed by atoms with Gasteiger partial charge in [-0.1, -0.05) is 78.9 Å². The SMILES string of the molecule is Brc1cn(Cc2cccc(-c3ccc(OCc4ccccc4)cc3)c2)c2ccccc12. The third kappa shape index (κ3) is 4.42. The van der Waals surface area contributed by atoms with Gasteiger partial charge >= 0.3 is 0 Å². The topological polar surface area (TPSA) is 14.2 Å². The van der Waals surface area contributed by atoms with E-state index in [1.165, 1.54) is 33.2 Å². The molecule has 0 aliphatic rings. The molecule has 152 valence electrons. The number of halogens is 1. The summed E-state index contributed by atoms with van der Waals surface area (Å²) < 4.78 is 9.34. The van der Waals surface area contributed by atoms with Crippen LogP contribution in [0.4, 0.5) is 0 Å². The largest absolute Gasteiger partial charge is 0.489 e. The van der Waals surface area contributed by atoms with Crippen LogP contribution in [0, 0.1) is 0 Å². The highest BCUT2D eigenvalue weighted by Gasteiger charge is 2.07. The van der Waals surface area contributed by atoms with Crippen LogP contribution in [-0.4, -0.2) is 4.57 Å². The maximum absolute atomic E-state index is 5.92. The van der Waals surface area contributed by atoms with Crippen molar-refractivity contribution in [3.8, 4) is 16.9 Å². The monoisotopic (exact) mass is 467 g/mol. The first-order valence-corrected chi connectivity index (χ1v) is 11.1. The Kier molecular flexibility index (Phi) is 5.59. The predicted molar refractivity (Wildman–Crippen MR) is 131 cm³/mol. The standard InChI is InChI=1S/C28H22BrNO/c29-27-19-30(28-12-5-4-11-26(27)28)18-22-9-6-10-24(17-22)23-13-15-25(16-14-23)31-20-21-7-2-1-3-8-21/h1-17,19H,18,20H2. The molecule has 5 aromatic rings. The van der Waals surface area contributed by atoms with E-state index in [-0.39, 0.29) is 0 Å². The van der Waals surface area contributed by atoms with Gasteiger partial charge in [-0.2, -0.15) is 0 Å². The fraction of sp³-hybridized carbons (Fsp3) is 0.0714. The number of para-hydroxylation sites is 1. The van der Waals surface area contributed by atoms with Gasteiger partial charge in [0.15, 0.2) is 0 Å². The summed E-state index contributed by atoms with van der Waals surface area (Å²) in [5.41, 5.74) is 6.08. The van der Waals surface area contributed by atoms with Gasteiger partial charge in [0.25, 0.3) is 0 Å². The summed E-state index contributed by atoms with van der Waals surface area (Å²) in [7, 11) is 0. The molecule has 0 unspecified atom stereocenters. The summed E-state index contributed by atoms with van der Waals surface area (Å²) in [5.74, 6) is 0.882. The van der Waals surface area contributed by atoms with Crippen LogP contribution in [0.2, 0.25) is 0 Å². The van der Waals surface area contributed by atoms with Gasteiger partial charge in [-0.25, -0.2) is 0 Å². The van der Waals surface area contributed by atoms with E-state index in [0.29, 0.717) is 6.61 Å².